The Morgan fingerprint density at radius 1 is 0.727 bits per heavy atom. The van der Waals surface area contributed by atoms with E-state index in [0.29, 0.717) is 0 Å². The van der Waals surface area contributed by atoms with Crippen LogP contribution in [0.2, 0.25) is 0 Å². The molecule has 0 saturated carbocycles. The van der Waals surface area contributed by atoms with Crippen LogP contribution in [0.5, 0.6) is 0 Å². The molecule has 0 amide bonds. The van der Waals surface area contributed by atoms with Gasteiger partial charge in [0.1, 0.15) is 5.82 Å². The lowest BCUT2D eigenvalue weighted by molar-refractivity contribution is 0.622. The first-order valence-electron chi connectivity index (χ1n) is 7.42. The zero-order chi connectivity index (χ0) is 15.2. The second-order valence-electron chi connectivity index (χ2n) is 5.85. The molecular weight excluding hydrogens is 273 g/mol. The number of benzene rings is 3. The Morgan fingerprint density at radius 3 is 1.77 bits per heavy atom. The molecule has 108 valence electrons. The van der Waals surface area contributed by atoms with Crippen molar-refractivity contribution in [1.29, 1.82) is 0 Å². The van der Waals surface area contributed by atoms with Gasteiger partial charge < -0.3 is 5.32 Å². The largest absolute Gasteiger partial charge is 0.355 e. The van der Waals surface area contributed by atoms with E-state index in [9.17, 15) is 4.39 Å². The molecule has 4 rings (SSSR count). The smallest absolute Gasteiger partial charge is 0.123 e. The van der Waals surface area contributed by atoms with Gasteiger partial charge in [-0.3, -0.25) is 0 Å². The fourth-order valence-electron chi connectivity index (χ4n) is 3.44. The predicted octanol–water partition coefficient (Wildman–Crippen LogP) is 5.24. The minimum Gasteiger partial charge on any atom is -0.355 e. The minimum atomic E-state index is -0.299. The topological polar surface area (TPSA) is 12.0 Å². The number of rotatable bonds is 1. The second kappa shape index (κ2) is 4.70. The van der Waals surface area contributed by atoms with Gasteiger partial charge in [-0.1, -0.05) is 48.5 Å². The Morgan fingerprint density at radius 2 is 1.23 bits per heavy atom. The highest BCUT2D eigenvalue weighted by atomic mass is 19.1. The van der Waals surface area contributed by atoms with Gasteiger partial charge in [0, 0.05) is 16.8 Å². The van der Waals surface area contributed by atoms with Crippen LogP contribution in [-0.4, -0.2) is 0 Å². The molecule has 0 spiro atoms. The molecule has 2 heteroatoms. The van der Waals surface area contributed by atoms with Crippen LogP contribution in [0, 0.1) is 5.82 Å². The molecule has 0 aliphatic carbocycles. The minimum absolute atomic E-state index is 0.206. The van der Waals surface area contributed by atoms with Gasteiger partial charge in [-0.15, -0.1) is 0 Å². The van der Waals surface area contributed by atoms with E-state index in [4.69, 9.17) is 0 Å². The van der Waals surface area contributed by atoms with Gasteiger partial charge in [-0.2, -0.15) is 0 Å². The molecule has 0 fully saturated rings. The fraction of sp³-hybridized carbons (Fsp3) is 0.100. The van der Waals surface area contributed by atoms with Crippen molar-refractivity contribution < 1.29 is 4.39 Å². The van der Waals surface area contributed by atoms with Crippen molar-refractivity contribution in [3.8, 4) is 0 Å². The highest BCUT2D eigenvalue weighted by molar-refractivity contribution is 5.78. The molecule has 3 aromatic carbocycles. The lowest BCUT2D eigenvalue weighted by Gasteiger charge is -2.39. The van der Waals surface area contributed by atoms with Gasteiger partial charge in [-0.25, -0.2) is 4.39 Å². The summed E-state index contributed by atoms with van der Waals surface area (Å²) >= 11 is 0. The molecule has 0 saturated heterocycles. The second-order valence-corrected chi connectivity index (χ2v) is 5.85. The quantitative estimate of drug-likeness (QED) is 0.646. The maximum absolute atomic E-state index is 13.4. The summed E-state index contributed by atoms with van der Waals surface area (Å²) in [5.41, 5.74) is 5.42. The van der Waals surface area contributed by atoms with E-state index in [-0.39, 0.29) is 11.2 Å². The lowest BCUT2D eigenvalue weighted by Crippen LogP contribution is -2.30. The summed E-state index contributed by atoms with van der Waals surface area (Å²) < 4.78 is 13.4. The van der Waals surface area contributed by atoms with E-state index in [0.717, 1.165) is 16.9 Å². The molecule has 1 aliphatic rings. The number of nitrogens with one attached hydrogen (secondary N) is 1. The Bertz CT molecular complexity index is 791. The fourth-order valence-corrected chi connectivity index (χ4v) is 3.44. The van der Waals surface area contributed by atoms with Gasteiger partial charge in [-0.05, 0) is 47.9 Å². The summed E-state index contributed by atoms with van der Waals surface area (Å²) in [6.45, 7) is 2.21. The van der Waals surface area contributed by atoms with Crippen LogP contribution in [0.15, 0.2) is 72.8 Å². The number of hydrogen-bond acceptors (Lipinski definition) is 1. The van der Waals surface area contributed by atoms with E-state index >= 15 is 0 Å². The number of para-hydroxylation sites is 2. The summed E-state index contributed by atoms with van der Waals surface area (Å²) in [7, 11) is 0. The molecule has 0 bridgehead atoms. The van der Waals surface area contributed by atoms with Crippen molar-refractivity contribution in [2.75, 3.05) is 5.32 Å². The molecule has 3 aromatic rings. The first-order valence-corrected chi connectivity index (χ1v) is 7.42. The number of fused-ring (bicyclic) bond motifs is 2. The molecule has 1 aliphatic heterocycles. The molecule has 1 heterocycles. The van der Waals surface area contributed by atoms with Crippen LogP contribution in [0.3, 0.4) is 0 Å². The van der Waals surface area contributed by atoms with Crippen LogP contribution in [0.4, 0.5) is 15.8 Å². The number of halogens is 1. The molecule has 1 nitrogen and oxygen atoms in total. The summed E-state index contributed by atoms with van der Waals surface area (Å²) in [5.74, 6) is -0.206. The summed E-state index contributed by atoms with van der Waals surface area (Å²) in [6.07, 6.45) is 0. The molecule has 0 atom stereocenters. The third-order valence-corrected chi connectivity index (χ3v) is 4.62. The summed E-state index contributed by atoms with van der Waals surface area (Å²) in [6, 6.07) is 23.5. The van der Waals surface area contributed by atoms with Gasteiger partial charge in [0.25, 0.3) is 0 Å². The van der Waals surface area contributed by atoms with E-state index < -0.39 is 0 Å². The van der Waals surface area contributed by atoms with Crippen LogP contribution < -0.4 is 5.32 Å². The molecule has 0 aromatic heterocycles. The average Bonchev–Trinajstić information content (AvgIpc) is 2.56. The van der Waals surface area contributed by atoms with Crippen molar-refractivity contribution in [1.82, 2.24) is 0 Å². The van der Waals surface area contributed by atoms with Crippen molar-refractivity contribution in [3.63, 3.8) is 0 Å². The standard InChI is InChI=1S/C20H16FN/c1-20(14-10-12-15(21)13-11-14)16-6-2-4-8-18(16)22-19-9-5-3-7-17(19)20/h2-13,22H,1H3. The third-order valence-electron chi connectivity index (χ3n) is 4.62. The maximum Gasteiger partial charge on any atom is 0.123 e. The van der Waals surface area contributed by atoms with Gasteiger partial charge in [0.2, 0.25) is 0 Å². The van der Waals surface area contributed by atoms with Crippen molar-refractivity contribution >= 4 is 11.4 Å². The Balaban J connectivity index is 2.03. The van der Waals surface area contributed by atoms with Gasteiger partial charge in [0.15, 0.2) is 0 Å². The Labute approximate surface area is 129 Å². The van der Waals surface area contributed by atoms with Crippen LogP contribution >= 0.6 is 0 Å². The molecule has 1 N–H and O–H groups in total. The van der Waals surface area contributed by atoms with Crippen molar-refractivity contribution in [3.05, 3.63) is 95.3 Å². The normalized spacial score (nSPS) is 14.6. The van der Waals surface area contributed by atoms with E-state index in [1.54, 1.807) is 0 Å². The summed E-state index contributed by atoms with van der Waals surface area (Å²) in [5, 5.41) is 3.50. The first-order chi connectivity index (χ1) is 10.7. The Hall–Kier alpha value is -2.61. The lowest BCUT2D eigenvalue weighted by atomic mass is 9.68. The number of anilines is 2. The zero-order valence-electron chi connectivity index (χ0n) is 12.3. The first kappa shape index (κ1) is 13.1. The van der Waals surface area contributed by atoms with Crippen molar-refractivity contribution in [2.24, 2.45) is 0 Å². The van der Waals surface area contributed by atoms with Crippen LogP contribution in [0.1, 0.15) is 23.6 Å². The monoisotopic (exact) mass is 289 g/mol. The molecule has 0 unspecified atom stereocenters. The SMILES string of the molecule is CC1(c2ccc(F)cc2)c2ccccc2Nc2ccccc21. The Kier molecular flexibility index (Phi) is 2.80. The zero-order valence-corrected chi connectivity index (χ0v) is 12.3. The average molecular weight is 289 g/mol. The maximum atomic E-state index is 13.4. The van der Waals surface area contributed by atoms with E-state index in [2.05, 4.69) is 48.6 Å². The molecular formula is C20H16FN. The highest BCUT2D eigenvalue weighted by Gasteiger charge is 2.37. The summed E-state index contributed by atoms with van der Waals surface area (Å²) in [4.78, 5) is 0. The van der Waals surface area contributed by atoms with E-state index in [1.165, 1.54) is 23.3 Å². The van der Waals surface area contributed by atoms with E-state index in [1.807, 2.05) is 24.3 Å². The van der Waals surface area contributed by atoms with Gasteiger partial charge in [0.05, 0.1) is 0 Å². The highest BCUT2D eigenvalue weighted by Crippen LogP contribution is 2.49. The third kappa shape index (κ3) is 1.77. The molecule has 22 heavy (non-hydrogen) atoms. The van der Waals surface area contributed by atoms with Crippen LogP contribution in [-0.2, 0) is 5.41 Å². The van der Waals surface area contributed by atoms with Crippen molar-refractivity contribution in [2.45, 2.75) is 12.3 Å². The van der Waals surface area contributed by atoms with Crippen LogP contribution in [0.25, 0.3) is 0 Å². The number of hydrogen-bond donors (Lipinski definition) is 1. The molecule has 0 radical (unpaired) electrons. The van der Waals surface area contributed by atoms with Gasteiger partial charge >= 0.3 is 0 Å². The predicted molar refractivity (Wildman–Crippen MR) is 88.1 cm³/mol.